The first-order chi connectivity index (χ1) is 11.3. The molecule has 0 atom stereocenters. The van der Waals surface area contributed by atoms with E-state index in [1.165, 1.54) is 89.0 Å². The molecule has 0 aromatic rings. The van der Waals surface area contributed by atoms with Crippen molar-refractivity contribution < 1.29 is 9.53 Å². The van der Waals surface area contributed by atoms with Crippen LogP contribution >= 0.6 is 0 Å². The highest BCUT2D eigenvalue weighted by atomic mass is 16.5. The van der Waals surface area contributed by atoms with Crippen molar-refractivity contribution in [1.29, 1.82) is 0 Å². The summed E-state index contributed by atoms with van der Waals surface area (Å²) in [7, 11) is 0. The van der Waals surface area contributed by atoms with E-state index in [-0.39, 0.29) is 5.97 Å². The third-order valence-electron chi connectivity index (χ3n) is 4.92. The van der Waals surface area contributed by atoms with Crippen molar-refractivity contribution in [2.45, 2.75) is 117 Å². The average molecular weight is 323 g/mol. The first kappa shape index (κ1) is 20.3. The van der Waals surface area contributed by atoms with Gasteiger partial charge in [0.2, 0.25) is 0 Å². The third kappa shape index (κ3) is 9.84. The molecule has 1 heterocycles. The summed E-state index contributed by atoms with van der Waals surface area (Å²) in [4.78, 5) is 11.3. The van der Waals surface area contributed by atoms with Gasteiger partial charge in [0.05, 0.1) is 6.42 Å². The van der Waals surface area contributed by atoms with Gasteiger partial charge in [-0.2, -0.15) is 0 Å². The van der Waals surface area contributed by atoms with E-state index >= 15 is 0 Å². The van der Waals surface area contributed by atoms with Crippen LogP contribution in [0.1, 0.15) is 117 Å². The predicted molar refractivity (Wildman–Crippen MR) is 98.3 cm³/mol. The minimum atomic E-state index is -0.0495. The second-order valence-corrected chi connectivity index (χ2v) is 7.02. The van der Waals surface area contributed by atoms with Crippen LogP contribution in [0.4, 0.5) is 0 Å². The molecule has 0 spiro atoms. The van der Waals surface area contributed by atoms with Crippen LogP contribution in [0, 0.1) is 0 Å². The van der Waals surface area contributed by atoms with Crippen LogP contribution in [0.25, 0.3) is 0 Å². The molecule has 0 saturated carbocycles. The topological polar surface area (TPSA) is 26.3 Å². The molecule has 1 aliphatic heterocycles. The lowest BCUT2D eigenvalue weighted by molar-refractivity contribution is -0.136. The molecule has 1 rings (SSSR count). The van der Waals surface area contributed by atoms with Crippen molar-refractivity contribution in [3.05, 3.63) is 11.3 Å². The fourth-order valence-electron chi connectivity index (χ4n) is 3.37. The Hall–Kier alpha value is -0.790. The summed E-state index contributed by atoms with van der Waals surface area (Å²) < 4.78 is 5.31. The maximum Gasteiger partial charge on any atom is 0.315 e. The number of cyclic esters (lactones) is 1. The summed E-state index contributed by atoms with van der Waals surface area (Å²) in [5, 5.41) is 0. The molecule has 0 aliphatic carbocycles. The lowest BCUT2D eigenvalue weighted by Gasteiger charge is -2.05. The first-order valence-electron chi connectivity index (χ1n) is 10.2. The van der Waals surface area contributed by atoms with E-state index in [4.69, 9.17) is 4.74 Å². The van der Waals surface area contributed by atoms with Crippen molar-refractivity contribution >= 4 is 5.97 Å². The third-order valence-corrected chi connectivity index (χ3v) is 4.92. The first-order valence-corrected chi connectivity index (χ1v) is 10.2. The monoisotopic (exact) mass is 322 g/mol. The zero-order valence-electron chi connectivity index (χ0n) is 15.6. The Morgan fingerprint density at radius 3 is 1.70 bits per heavy atom. The normalized spacial score (nSPS) is 14.6. The van der Waals surface area contributed by atoms with Crippen LogP contribution in [0.15, 0.2) is 11.3 Å². The van der Waals surface area contributed by atoms with Crippen LogP contribution in [-0.4, -0.2) is 5.97 Å². The highest BCUT2D eigenvalue weighted by molar-refractivity contribution is 5.76. The molecule has 0 saturated heterocycles. The van der Waals surface area contributed by atoms with Crippen molar-refractivity contribution in [1.82, 2.24) is 0 Å². The molecule has 0 unspecified atom stereocenters. The number of hydrogen-bond acceptors (Lipinski definition) is 2. The van der Waals surface area contributed by atoms with Gasteiger partial charge < -0.3 is 4.74 Å². The lowest BCUT2D eigenvalue weighted by Crippen LogP contribution is -1.93. The van der Waals surface area contributed by atoms with Gasteiger partial charge in [-0.25, -0.2) is 0 Å². The van der Waals surface area contributed by atoms with Crippen LogP contribution < -0.4 is 0 Å². The molecule has 0 aromatic carbocycles. The fraction of sp³-hybridized carbons (Fsp3) is 0.857. The van der Waals surface area contributed by atoms with E-state index in [2.05, 4.69) is 13.8 Å². The zero-order valence-corrected chi connectivity index (χ0v) is 15.6. The van der Waals surface area contributed by atoms with Gasteiger partial charge in [0.1, 0.15) is 5.76 Å². The summed E-state index contributed by atoms with van der Waals surface area (Å²) in [6.45, 7) is 4.39. The molecular formula is C21H38O2. The number of rotatable bonds is 15. The van der Waals surface area contributed by atoms with E-state index in [1.807, 2.05) is 0 Å². The zero-order chi connectivity index (χ0) is 16.8. The number of esters is 1. The molecule has 0 radical (unpaired) electrons. The van der Waals surface area contributed by atoms with Gasteiger partial charge >= 0.3 is 5.97 Å². The highest BCUT2D eigenvalue weighted by Crippen LogP contribution is 2.27. The molecule has 0 N–H and O–H groups in total. The van der Waals surface area contributed by atoms with Crippen LogP contribution in [0.2, 0.25) is 0 Å². The van der Waals surface area contributed by atoms with E-state index < -0.39 is 0 Å². The van der Waals surface area contributed by atoms with E-state index in [0.29, 0.717) is 6.42 Å². The fourth-order valence-corrected chi connectivity index (χ4v) is 3.37. The molecule has 1 aliphatic rings. The maximum atomic E-state index is 11.3. The molecule has 134 valence electrons. The standard InChI is InChI=1S/C21H38O2/c1-3-5-6-7-8-9-10-11-12-13-14-15-16-17-20-19(4-2)18-21(22)23-20/h3-18H2,1-2H3. The van der Waals surface area contributed by atoms with Gasteiger partial charge in [0.25, 0.3) is 0 Å². The van der Waals surface area contributed by atoms with Crippen LogP contribution in [-0.2, 0) is 9.53 Å². The van der Waals surface area contributed by atoms with Gasteiger partial charge in [-0.15, -0.1) is 0 Å². The number of allylic oxidation sites excluding steroid dienone is 1. The molecule has 0 aromatic heterocycles. The Balaban J connectivity index is 1.84. The summed E-state index contributed by atoms with van der Waals surface area (Å²) in [6.07, 6.45) is 20.3. The number of hydrogen-bond donors (Lipinski definition) is 0. The average Bonchev–Trinajstić information content (AvgIpc) is 2.91. The van der Waals surface area contributed by atoms with Gasteiger partial charge in [0, 0.05) is 6.42 Å². The van der Waals surface area contributed by atoms with E-state index in [9.17, 15) is 4.79 Å². The Morgan fingerprint density at radius 2 is 1.22 bits per heavy atom. The second-order valence-electron chi connectivity index (χ2n) is 7.02. The van der Waals surface area contributed by atoms with E-state index in [0.717, 1.165) is 18.6 Å². The smallest absolute Gasteiger partial charge is 0.315 e. The van der Waals surface area contributed by atoms with Crippen molar-refractivity contribution in [3.63, 3.8) is 0 Å². The van der Waals surface area contributed by atoms with Crippen molar-refractivity contribution in [2.24, 2.45) is 0 Å². The Bertz CT molecular complexity index is 344. The SMILES string of the molecule is CCCCCCCCCCCCCCCC1=C(CC)CC(=O)O1. The quantitative estimate of drug-likeness (QED) is 0.238. The van der Waals surface area contributed by atoms with Crippen molar-refractivity contribution in [3.8, 4) is 0 Å². The minimum absolute atomic E-state index is 0.0495. The van der Waals surface area contributed by atoms with Gasteiger partial charge in [-0.1, -0.05) is 90.9 Å². The molecule has 0 fully saturated rings. The second kappa shape index (κ2) is 13.6. The molecule has 23 heavy (non-hydrogen) atoms. The maximum absolute atomic E-state index is 11.3. The Labute approximate surface area is 144 Å². The molecule has 2 heteroatoms. The van der Waals surface area contributed by atoms with Crippen molar-refractivity contribution in [2.75, 3.05) is 0 Å². The Morgan fingerprint density at radius 1 is 0.739 bits per heavy atom. The number of ether oxygens (including phenoxy) is 1. The van der Waals surface area contributed by atoms with E-state index in [1.54, 1.807) is 0 Å². The number of carbonyl (C=O) groups excluding carboxylic acids is 1. The number of carbonyl (C=O) groups is 1. The molecular weight excluding hydrogens is 284 g/mol. The minimum Gasteiger partial charge on any atom is -0.431 e. The van der Waals surface area contributed by atoms with Crippen LogP contribution in [0.3, 0.4) is 0 Å². The summed E-state index contributed by atoms with van der Waals surface area (Å²) in [5.74, 6) is 0.937. The van der Waals surface area contributed by atoms with Gasteiger partial charge in [-0.3, -0.25) is 4.79 Å². The number of unbranched alkanes of at least 4 members (excludes halogenated alkanes) is 12. The Kier molecular flexibility index (Phi) is 12.0. The lowest BCUT2D eigenvalue weighted by atomic mass is 10.0. The molecule has 2 nitrogen and oxygen atoms in total. The molecule has 0 bridgehead atoms. The molecule has 0 amide bonds. The van der Waals surface area contributed by atoms with Gasteiger partial charge in [0.15, 0.2) is 0 Å². The summed E-state index contributed by atoms with van der Waals surface area (Å²) in [5.41, 5.74) is 1.23. The largest absolute Gasteiger partial charge is 0.431 e. The predicted octanol–water partition coefficient (Wildman–Crippen LogP) is 7.08. The summed E-state index contributed by atoms with van der Waals surface area (Å²) >= 11 is 0. The van der Waals surface area contributed by atoms with Gasteiger partial charge in [-0.05, 0) is 18.4 Å². The van der Waals surface area contributed by atoms with Crippen LogP contribution in [0.5, 0.6) is 0 Å². The summed E-state index contributed by atoms with van der Waals surface area (Å²) in [6, 6.07) is 0. The highest BCUT2D eigenvalue weighted by Gasteiger charge is 2.21.